The predicted molar refractivity (Wildman–Crippen MR) is 241 cm³/mol. The molecule has 0 unspecified atom stereocenters. The number of aromatic nitrogens is 3. The van der Waals surface area contributed by atoms with Gasteiger partial charge < -0.3 is 0 Å². The summed E-state index contributed by atoms with van der Waals surface area (Å²) in [5.41, 5.74) is 15.9. The van der Waals surface area contributed by atoms with Crippen LogP contribution in [0, 0.1) is 0 Å². The van der Waals surface area contributed by atoms with Crippen molar-refractivity contribution in [2.45, 2.75) is 0 Å². The maximum atomic E-state index is 5.30. The van der Waals surface area contributed by atoms with Gasteiger partial charge in [0.05, 0.1) is 17.1 Å². The first-order valence-corrected chi connectivity index (χ1v) is 19.6. The fourth-order valence-corrected chi connectivity index (χ4v) is 7.74. The van der Waals surface area contributed by atoms with Crippen LogP contribution in [0.15, 0.2) is 225 Å². The molecule has 8 aromatic carbocycles. The van der Waals surface area contributed by atoms with Gasteiger partial charge in [-0.05, 0) is 92.4 Å². The number of pyridine rings is 1. The van der Waals surface area contributed by atoms with E-state index in [1.807, 2.05) is 12.3 Å². The molecule has 0 saturated heterocycles. The van der Waals surface area contributed by atoms with E-state index in [1.54, 1.807) is 0 Å². The third-order valence-corrected chi connectivity index (χ3v) is 10.7. The summed E-state index contributed by atoms with van der Waals surface area (Å²) in [4.78, 5) is 15.4. The first-order valence-electron chi connectivity index (χ1n) is 19.6. The van der Waals surface area contributed by atoms with Crippen molar-refractivity contribution in [3.63, 3.8) is 0 Å². The smallest absolute Gasteiger partial charge is 0.160 e. The molecule has 272 valence electrons. The lowest BCUT2D eigenvalue weighted by atomic mass is 9.92. The molecule has 0 aliphatic rings. The van der Waals surface area contributed by atoms with Crippen molar-refractivity contribution in [2.24, 2.45) is 0 Å². The van der Waals surface area contributed by atoms with Crippen LogP contribution < -0.4 is 0 Å². The molecule has 0 radical (unpaired) electrons. The molecule has 2 heterocycles. The third-order valence-electron chi connectivity index (χ3n) is 10.7. The second kappa shape index (κ2) is 15.4. The first-order chi connectivity index (χ1) is 28.7. The van der Waals surface area contributed by atoms with E-state index in [9.17, 15) is 0 Å². The zero-order chi connectivity index (χ0) is 38.7. The summed E-state index contributed by atoms with van der Waals surface area (Å²) < 4.78 is 0. The van der Waals surface area contributed by atoms with E-state index in [2.05, 4.69) is 212 Å². The van der Waals surface area contributed by atoms with Crippen LogP contribution in [0.3, 0.4) is 0 Å². The lowest BCUT2D eigenvalue weighted by Gasteiger charge is -2.13. The Labute approximate surface area is 338 Å². The zero-order valence-electron chi connectivity index (χ0n) is 31.7. The van der Waals surface area contributed by atoms with Crippen LogP contribution in [-0.2, 0) is 0 Å². The Morgan fingerprint density at radius 1 is 0.259 bits per heavy atom. The number of rotatable bonds is 8. The maximum absolute atomic E-state index is 5.30. The Morgan fingerprint density at radius 3 is 1.34 bits per heavy atom. The summed E-state index contributed by atoms with van der Waals surface area (Å²) in [6, 6.07) is 76.9. The quantitative estimate of drug-likeness (QED) is 0.156. The van der Waals surface area contributed by atoms with Gasteiger partial charge in [0.15, 0.2) is 5.82 Å². The molecule has 0 saturated carbocycles. The van der Waals surface area contributed by atoms with Crippen LogP contribution >= 0.6 is 0 Å². The highest BCUT2D eigenvalue weighted by atomic mass is 14.9. The van der Waals surface area contributed by atoms with Gasteiger partial charge in [-0.25, -0.2) is 9.97 Å². The summed E-state index contributed by atoms with van der Waals surface area (Å²) in [7, 11) is 0. The second-order valence-corrected chi connectivity index (χ2v) is 14.5. The molecule has 0 fully saturated rings. The van der Waals surface area contributed by atoms with E-state index in [0.29, 0.717) is 5.82 Å². The Kier molecular flexibility index (Phi) is 9.23. The van der Waals surface area contributed by atoms with Gasteiger partial charge in [-0.3, -0.25) is 4.98 Å². The highest BCUT2D eigenvalue weighted by Crippen LogP contribution is 2.36. The van der Waals surface area contributed by atoms with Gasteiger partial charge >= 0.3 is 0 Å². The van der Waals surface area contributed by atoms with Gasteiger partial charge in [0.2, 0.25) is 0 Å². The van der Waals surface area contributed by atoms with Crippen LogP contribution in [0.5, 0.6) is 0 Å². The Hall–Kier alpha value is -7.75. The van der Waals surface area contributed by atoms with Crippen LogP contribution in [0.4, 0.5) is 0 Å². The zero-order valence-corrected chi connectivity index (χ0v) is 31.7. The minimum atomic E-state index is 0.657. The molecule has 0 bridgehead atoms. The van der Waals surface area contributed by atoms with Gasteiger partial charge in [-0.2, -0.15) is 0 Å². The monoisotopic (exact) mass is 739 g/mol. The van der Waals surface area contributed by atoms with Crippen molar-refractivity contribution in [2.75, 3.05) is 0 Å². The predicted octanol–water partition coefficient (Wildman–Crippen LogP) is 14.4. The average molecular weight is 740 g/mol. The summed E-state index contributed by atoms with van der Waals surface area (Å²) >= 11 is 0. The Bertz CT molecular complexity index is 2970. The van der Waals surface area contributed by atoms with Gasteiger partial charge in [0, 0.05) is 33.8 Å². The normalized spacial score (nSPS) is 11.1. The van der Waals surface area contributed by atoms with Crippen molar-refractivity contribution in [3.8, 4) is 89.7 Å². The maximum Gasteiger partial charge on any atom is 0.160 e. The number of nitrogens with zero attached hydrogens (tertiary/aromatic N) is 3. The summed E-state index contributed by atoms with van der Waals surface area (Å²) in [5.74, 6) is 0.657. The Balaban J connectivity index is 1.10. The van der Waals surface area contributed by atoms with Crippen LogP contribution in [0.1, 0.15) is 0 Å². The molecule has 0 atom stereocenters. The molecule has 0 N–H and O–H groups in total. The summed E-state index contributed by atoms with van der Waals surface area (Å²) in [6.07, 6.45) is 1.88. The molecule has 10 aromatic rings. The first kappa shape index (κ1) is 34.7. The van der Waals surface area contributed by atoms with E-state index < -0.39 is 0 Å². The van der Waals surface area contributed by atoms with Gasteiger partial charge in [0.25, 0.3) is 0 Å². The second-order valence-electron chi connectivity index (χ2n) is 14.5. The number of fused-ring (bicyclic) bond motifs is 1. The fourth-order valence-electron chi connectivity index (χ4n) is 7.74. The molecule has 0 spiro atoms. The molecule has 0 aliphatic carbocycles. The molecular weight excluding hydrogens is 703 g/mol. The van der Waals surface area contributed by atoms with Crippen molar-refractivity contribution in [1.82, 2.24) is 15.0 Å². The summed E-state index contributed by atoms with van der Waals surface area (Å²) in [5, 5.41) is 2.27. The number of hydrogen-bond donors (Lipinski definition) is 0. The van der Waals surface area contributed by atoms with E-state index in [4.69, 9.17) is 15.0 Å². The van der Waals surface area contributed by atoms with Crippen molar-refractivity contribution in [1.29, 1.82) is 0 Å². The molecule has 3 heteroatoms. The highest BCUT2D eigenvalue weighted by molar-refractivity contribution is 5.95. The van der Waals surface area contributed by atoms with Gasteiger partial charge in [0.1, 0.15) is 0 Å². The highest BCUT2D eigenvalue weighted by Gasteiger charge is 2.15. The fraction of sp³-hybridized carbons (Fsp3) is 0. The molecule has 2 aromatic heterocycles. The van der Waals surface area contributed by atoms with Crippen molar-refractivity contribution in [3.05, 3.63) is 225 Å². The molecule has 3 nitrogen and oxygen atoms in total. The van der Waals surface area contributed by atoms with Gasteiger partial charge in [-0.15, -0.1) is 0 Å². The Morgan fingerprint density at radius 2 is 0.690 bits per heavy atom. The number of benzene rings is 8. The summed E-state index contributed by atoms with van der Waals surface area (Å²) in [6.45, 7) is 0. The molecule has 10 rings (SSSR count). The SMILES string of the molecule is c1ccc(-c2ccc(-c3cc(-c4cccc(-c5cc(-c6ccccc6)cc(-c6ccccc6)c5)c4)nc(-c4cccc(-c5nccc6ccccc56)c4)n3)cc2)cc1. The average Bonchev–Trinajstić information content (AvgIpc) is 3.32. The molecule has 58 heavy (non-hydrogen) atoms. The van der Waals surface area contributed by atoms with Crippen LogP contribution in [0.25, 0.3) is 100 Å². The molecular formula is C55H37N3. The molecule has 0 aliphatic heterocycles. The molecule has 0 amide bonds. The lowest BCUT2D eigenvalue weighted by Crippen LogP contribution is -1.97. The van der Waals surface area contributed by atoms with Crippen LogP contribution in [0.2, 0.25) is 0 Å². The largest absolute Gasteiger partial charge is 0.256 e. The number of hydrogen-bond acceptors (Lipinski definition) is 3. The minimum absolute atomic E-state index is 0.657. The minimum Gasteiger partial charge on any atom is -0.256 e. The van der Waals surface area contributed by atoms with E-state index >= 15 is 0 Å². The standard InChI is InChI=1S/C55H37N3/c1-4-14-38(15-5-1)41-26-28-43(29-27-41)52-37-53(58-55(57-52)47-24-13-23-46(33-47)54-51-25-11-10-20-42(51)30-31-56-54)45-22-12-21-44(32-45)50-35-48(39-16-6-2-7-17-39)34-49(36-50)40-18-8-3-9-19-40/h1-37H. The topological polar surface area (TPSA) is 38.7 Å². The van der Waals surface area contributed by atoms with Gasteiger partial charge in [-0.1, -0.05) is 176 Å². The third kappa shape index (κ3) is 7.09. The van der Waals surface area contributed by atoms with E-state index in [1.165, 1.54) is 27.8 Å². The van der Waals surface area contributed by atoms with Crippen LogP contribution in [-0.4, -0.2) is 15.0 Å². The van der Waals surface area contributed by atoms with E-state index in [-0.39, 0.29) is 0 Å². The van der Waals surface area contributed by atoms with Crippen molar-refractivity contribution < 1.29 is 0 Å². The van der Waals surface area contributed by atoms with Crippen molar-refractivity contribution >= 4 is 10.8 Å². The lowest BCUT2D eigenvalue weighted by molar-refractivity contribution is 1.18. The van der Waals surface area contributed by atoms with E-state index in [0.717, 1.165) is 66.8 Å².